The van der Waals surface area contributed by atoms with Crippen molar-refractivity contribution in [2.45, 2.75) is 72.2 Å². The molecule has 3 N–H and O–H groups in total. The lowest BCUT2D eigenvalue weighted by molar-refractivity contribution is -0.144. The van der Waals surface area contributed by atoms with Crippen molar-refractivity contribution in [3.05, 3.63) is 167 Å². The van der Waals surface area contributed by atoms with E-state index in [0.29, 0.717) is 11.5 Å². The van der Waals surface area contributed by atoms with Crippen LogP contribution in [0.5, 0.6) is 17.2 Å². The van der Waals surface area contributed by atoms with E-state index in [-0.39, 0.29) is 38.4 Å². The highest BCUT2D eigenvalue weighted by Crippen LogP contribution is 2.35. The SMILES string of the molecule is CC/C(=C(\c1ccccc1)c1ccc(OCCN(C)C(=O)Oc2ccc(OCC(=O)N[C@H](C(=O)N3C[C@H](O)C[C@H]3C(=O)NCc3ccc(-c4scnc4C)cc3)C(C)(C)C)cc2)cc1)c1ccccc1. The Kier molecular flexibility index (Phi) is 16.9. The Bertz CT molecular complexity index is 2740. The summed E-state index contributed by atoms with van der Waals surface area (Å²) in [5.41, 5.74) is 9.76. The van der Waals surface area contributed by atoms with Crippen molar-refractivity contribution in [2.24, 2.45) is 5.41 Å². The number of carbonyl (C=O) groups is 4. The van der Waals surface area contributed by atoms with Crippen molar-refractivity contribution < 1.29 is 38.5 Å². The topological polar surface area (TPSA) is 160 Å². The number of β-amino-alcohol motifs (C(OH)–C–C–N with tert-alkyl or cyclic N) is 1. The van der Waals surface area contributed by atoms with Crippen molar-refractivity contribution in [3.8, 4) is 27.7 Å². The third-order valence-corrected chi connectivity index (χ3v) is 13.1. The highest BCUT2D eigenvalue weighted by molar-refractivity contribution is 7.13. The molecule has 0 aliphatic carbocycles. The van der Waals surface area contributed by atoms with Gasteiger partial charge in [-0.1, -0.05) is 125 Å². The first-order valence-corrected chi connectivity index (χ1v) is 24.3. The maximum atomic E-state index is 14.1. The van der Waals surface area contributed by atoms with Crippen LogP contribution in [0.3, 0.4) is 0 Å². The predicted octanol–water partition coefficient (Wildman–Crippen LogP) is 9.19. The summed E-state index contributed by atoms with van der Waals surface area (Å²) in [4.78, 5) is 62.0. The van der Waals surface area contributed by atoms with Crippen molar-refractivity contribution in [1.82, 2.24) is 25.4 Å². The standard InChI is InChI=1S/C56H61N5O8S/c1-7-47(39-14-10-8-11-15-39)50(40-16-12-9-13-17-40)41-22-24-44(25-23-41)67-31-30-60(6)55(66)69-46-28-26-45(27-29-46)68-35-49(63)59-52(56(3,4)5)54(65)61-34-43(62)32-48(61)53(64)57-33-38-18-20-42(21-19-38)51-37(2)58-36-70-51/h8-29,36,43,48,52,62H,7,30-35H2,1-6H3,(H,57,64)(H,59,63)/b50-47-/t43-,48+,52-/m1/s1. The van der Waals surface area contributed by atoms with Gasteiger partial charge >= 0.3 is 6.09 Å². The number of nitrogens with one attached hydrogen (secondary N) is 2. The summed E-state index contributed by atoms with van der Waals surface area (Å²) in [5.74, 6) is -0.126. The molecule has 0 unspecified atom stereocenters. The number of likely N-dealkylation sites (tertiary alicyclic amines) is 1. The minimum Gasteiger partial charge on any atom is -0.492 e. The molecule has 70 heavy (non-hydrogen) atoms. The number of hydrogen-bond donors (Lipinski definition) is 3. The number of ether oxygens (including phenoxy) is 3. The number of nitrogens with zero attached hydrogens (tertiary/aromatic N) is 3. The van der Waals surface area contributed by atoms with E-state index >= 15 is 0 Å². The second-order valence-electron chi connectivity index (χ2n) is 18.3. The van der Waals surface area contributed by atoms with Gasteiger partial charge in [-0.25, -0.2) is 9.78 Å². The normalized spacial score (nSPS) is 15.3. The number of amides is 4. The highest BCUT2D eigenvalue weighted by Gasteiger charge is 2.44. The van der Waals surface area contributed by atoms with Gasteiger partial charge in [0.15, 0.2) is 6.61 Å². The van der Waals surface area contributed by atoms with E-state index in [1.54, 1.807) is 42.6 Å². The zero-order valence-electron chi connectivity index (χ0n) is 40.5. The van der Waals surface area contributed by atoms with Crippen LogP contribution in [-0.2, 0) is 20.9 Å². The maximum Gasteiger partial charge on any atom is 0.415 e. The van der Waals surface area contributed by atoms with E-state index in [2.05, 4.69) is 71.1 Å². The molecule has 4 amide bonds. The van der Waals surface area contributed by atoms with E-state index in [1.165, 1.54) is 26.5 Å². The third kappa shape index (κ3) is 13.1. The summed E-state index contributed by atoms with van der Waals surface area (Å²) in [7, 11) is 1.63. The minimum atomic E-state index is -1.02. The molecule has 364 valence electrons. The number of aliphatic hydroxyl groups is 1. The number of allylic oxidation sites excluding steroid dienone is 1. The van der Waals surface area contributed by atoms with E-state index in [0.717, 1.165) is 39.2 Å². The predicted molar refractivity (Wildman–Crippen MR) is 273 cm³/mol. The van der Waals surface area contributed by atoms with Crippen molar-refractivity contribution in [2.75, 3.05) is 33.4 Å². The van der Waals surface area contributed by atoms with Gasteiger partial charge in [-0.05, 0) is 94.1 Å². The molecule has 3 atom stereocenters. The minimum absolute atomic E-state index is 0.0432. The Hall–Kier alpha value is -7.29. The van der Waals surface area contributed by atoms with E-state index in [9.17, 15) is 24.3 Å². The van der Waals surface area contributed by atoms with Gasteiger partial charge in [0.25, 0.3) is 5.91 Å². The summed E-state index contributed by atoms with van der Waals surface area (Å²) < 4.78 is 17.3. The van der Waals surface area contributed by atoms with Gasteiger partial charge in [-0.2, -0.15) is 0 Å². The number of aryl methyl sites for hydroxylation is 1. The molecule has 1 saturated heterocycles. The molecule has 2 heterocycles. The molecular formula is C56H61N5O8S. The number of thiazole rings is 1. The lowest BCUT2D eigenvalue weighted by atomic mass is 9.85. The molecular weight excluding hydrogens is 903 g/mol. The Balaban J connectivity index is 0.864. The Labute approximate surface area is 414 Å². The average molecular weight is 964 g/mol. The molecule has 1 aromatic heterocycles. The number of hydrogen-bond acceptors (Lipinski definition) is 10. The number of benzene rings is 5. The van der Waals surface area contributed by atoms with Gasteiger partial charge in [0.1, 0.15) is 35.9 Å². The zero-order valence-corrected chi connectivity index (χ0v) is 41.3. The Morgan fingerprint density at radius 2 is 1.41 bits per heavy atom. The van der Waals surface area contributed by atoms with Crippen LogP contribution in [0.15, 0.2) is 139 Å². The van der Waals surface area contributed by atoms with Crippen LogP contribution in [0.1, 0.15) is 68.5 Å². The summed E-state index contributed by atoms with van der Waals surface area (Å²) in [6.07, 6.45) is -0.537. The first kappa shape index (κ1) is 50.6. The number of rotatable bonds is 18. The second-order valence-corrected chi connectivity index (χ2v) is 19.2. The monoisotopic (exact) mass is 963 g/mol. The van der Waals surface area contributed by atoms with Crippen LogP contribution in [0.2, 0.25) is 0 Å². The Morgan fingerprint density at radius 1 is 0.814 bits per heavy atom. The smallest absolute Gasteiger partial charge is 0.415 e. The maximum absolute atomic E-state index is 14.1. The Morgan fingerprint density at radius 3 is 2.03 bits per heavy atom. The quantitative estimate of drug-likeness (QED) is 0.0714. The molecule has 0 saturated carbocycles. The van der Waals surface area contributed by atoms with E-state index < -0.39 is 54.0 Å². The largest absolute Gasteiger partial charge is 0.492 e. The average Bonchev–Trinajstić information content (AvgIpc) is 3.99. The van der Waals surface area contributed by atoms with Crippen LogP contribution in [0.25, 0.3) is 21.6 Å². The van der Waals surface area contributed by atoms with Gasteiger partial charge in [-0.15, -0.1) is 11.3 Å². The highest BCUT2D eigenvalue weighted by atomic mass is 32.1. The van der Waals surface area contributed by atoms with Crippen LogP contribution in [0.4, 0.5) is 4.79 Å². The molecule has 14 heteroatoms. The first-order chi connectivity index (χ1) is 33.7. The molecule has 1 fully saturated rings. The number of aromatic nitrogens is 1. The molecule has 1 aliphatic rings. The summed E-state index contributed by atoms with van der Waals surface area (Å²) in [5, 5.41) is 16.3. The molecule has 5 aromatic carbocycles. The number of likely N-dealkylation sites (N-methyl/N-ethyl adjacent to an activating group) is 1. The second kappa shape index (κ2) is 23.3. The van der Waals surface area contributed by atoms with Crippen molar-refractivity contribution >= 4 is 46.3 Å². The number of carbonyl (C=O) groups excluding carboxylic acids is 4. The molecule has 6 aromatic rings. The van der Waals surface area contributed by atoms with Gasteiger partial charge in [-0.3, -0.25) is 14.4 Å². The van der Waals surface area contributed by atoms with Crippen LogP contribution < -0.4 is 24.8 Å². The van der Waals surface area contributed by atoms with Crippen molar-refractivity contribution in [3.63, 3.8) is 0 Å². The first-order valence-electron chi connectivity index (χ1n) is 23.5. The van der Waals surface area contributed by atoms with Crippen LogP contribution in [0, 0.1) is 12.3 Å². The van der Waals surface area contributed by atoms with Gasteiger partial charge in [0, 0.05) is 26.6 Å². The number of aliphatic hydroxyl groups excluding tert-OH is 1. The molecule has 7 rings (SSSR count). The molecule has 1 aliphatic heterocycles. The van der Waals surface area contributed by atoms with Gasteiger partial charge in [0.2, 0.25) is 11.8 Å². The van der Waals surface area contributed by atoms with Crippen LogP contribution in [-0.4, -0.2) is 95.2 Å². The van der Waals surface area contributed by atoms with Crippen molar-refractivity contribution in [1.29, 1.82) is 0 Å². The van der Waals surface area contributed by atoms with Crippen LogP contribution >= 0.6 is 11.3 Å². The van der Waals surface area contributed by atoms with E-state index in [4.69, 9.17) is 14.2 Å². The van der Waals surface area contributed by atoms with Gasteiger partial charge in [0.05, 0.1) is 28.7 Å². The fraction of sp³-hybridized carbons (Fsp3) is 0.304. The third-order valence-electron chi connectivity index (χ3n) is 12.1. The van der Waals surface area contributed by atoms with Gasteiger partial charge < -0.3 is 39.8 Å². The summed E-state index contributed by atoms with van der Waals surface area (Å²) in [6.45, 7) is 9.88. The molecule has 0 radical (unpaired) electrons. The fourth-order valence-electron chi connectivity index (χ4n) is 8.31. The summed E-state index contributed by atoms with van der Waals surface area (Å²) >= 11 is 1.57. The molecule has 0 spiro atoms. The lowest BCUT2D eigenvalue weighted by Gasteiger charge is -2.35. The van der Waals surface area contributed by atoms with E-state index in [1.807, 2.05) is 93.9 Å². The fourth-order valence-corrected chi connectivity index (χ4v) is 9.12. The zero-order chi connectivity index (χ0) is 49.8. The molecule has 0 bridgehead atoms. The lowest BCUT2D eigenvalue weighted by Crippen LogP contribution is -2.58. The summed E-state index contributed by atoms with van der Waals surface area (Å²) in [6, 6.07) is 41.0. The molecule has 13 nitrogen and oxygen atoms in total.